The summed E-state index contributed by atoms with van der Waals surface area (Å²) in [5.41, 5.74) is 4.09. The first-order valence-electron chi connectivity index (χ1n) is 7.46. The van der Waals surface area contributed by atoms with E-state index in [1.54, 1.807) is 0 Å². The van der Waals surface area contributed by atoms with Gasteiger partial charge in [-0.25, -0.2) is 4.98 Å². The topological polar surface area (TPSA) is 66.7 Å². The third-order valence-electron chi connectivity index (χ3n) is 3.44. The van der Waals surface area contributed by atoms with Crippen molar-refractivity contribution in [3.63, 3.8) is 0 Å². The van der Waals surface area contributed by atoms with E-state index in [-0.39, 0.29) is 36.2 Å². The Kier molecular flexibility index (Phi) is 6.80. The fraction of sp³-hybridized carbons (Fsp3) is 0.158. The predicted octanol–water partition coefficient (Wildman–Crippen LogP) is -1.69. The van der Waals surface area contributed by atoms with Crippen molar-refractivity contribution >= 4 is 11.6 Å². The van der Waals surface area contributed by atoms with Crippen molar-refractivity contribution in [2.24, 2.45) is 0 Å². The molecule has 120 valence electrons. The van der Waals surface area contributed by atoms with E-state index in [9.17, 15) is 9.90 Å². The number of carboxylic acids is 1. The van der Waals surface area contributed by atoms with Gasteiger partial charge >= 0.3 is 29.6 Å². The molecule has 6 heteroatoms. The normalized spacial score (nSPS) is 9.96. The third kappa shape index (κ3) is 4.94. The Balaban J connectivity index is 0.00000225. The van der Waals surface area contributed by atoms with Crippen LogP contribution in [-0.4, -0.2) is 22.0 Å². The van der Waals surface area contributed by atoms with Crippen LogP contribution in [-0.2, 0) is 16.1 Å². The molecule has 0 saturated heterocycles. The molecule has 0 bridgehead atoms. The van der Waals surface area contributed by atoms with Crippen LogP contribution in [0.3, 0.4) is 0 Å². The predicted molar refractivity (Wildman–Crippen MR) is 87.0 cm³/mol. The van der Waals surface area contributed by atoms with Gasteiger partial charge in [-0.3, -0.25) is 4.40 Å². The maximum atomic E-state index is 10.5. The number of carboxylic acid groups (broad SMARTS) is 1. The summed E-state index contributed by atoms with van der Waals surface area (Å²) in [6.07, 6.45) is 1.86. The van der Waals surface area contributed by atoms with Crippen molar-refractivity contribution in [2.75, 3.05) is 6.61 Å². The summed E-state index contributed by atoms with van der Waals surface area (Å²) in [7, 11) is 0. The first kappa shape index (κ1) is 19.2. The molecule has 0 radical (unpaired) electrons. The number of rotatable bonds is 4. The number of ether oxygens (including phenoxy) is 1. The molecule has 0 spiro atoms. The van der Waals surface area contributed by atoms with Crippen LogP contribution in [0.1, 0.15) is 22.5 Å². The number of carbonyl (C=O) groups is 1. The fourth-order valence-corrected chi connectivity index (χ4v) is 2.28. The maximum Gasteiger partial charge on any atom is 1.00 e. The molecule has 25 heavy (non-hydrogen) atoms. The summed E-state index contributed by atoms with van der Waals surface area (Å²) >= 11 is 0. The number of benzene rings is 1. The fourth-order valence-electron chi connectivity index (χ4n) is 2.28. The zero-order chi connectivity index (χ0) is 16.9. The van der Waals surface area contributed by atoms with Gasteiger partial charge in [-0.2, -0.15) is 0 Å². The summed E-state index contributed by atoms with van der Waals surface area (Å²) in [5, 5.41) is 10.5. The molecule has 0 fully saturated rings. The first-order valence-corrected chi connectivity index (χ1v) is 7.46. The third-order valence-corrected chi connectivity index (χ3v) is 3.44. The molecule has 0 saturated carbocycles. The molecule has 5 nitrogen and oxygen atoms in total. The van der Waals surface area contributed by atoms with Gasteiger partial charge in [0.15, 0.2) is 0 Å². The molecular formula is C19H15N2NaO3. The molecule has 0 amide bonds. The van der Waals surface area contributed by atoms with Crippen molar-refractivity contribution in [3.8, 4) is 11.8 Å². The molecule has 0 unspecified atom stereocenters. The number of hydrogen-bond acceptors (Lipinski definition) is 4. The van der Waals surface area contributed by atoms with Crippen LogP contribution in [0.15, 0.2) is 48.7 Å². The number of aliphatic carboxylic acids is 1. The van der Waals surface area contributed by atoms with Crippen LogP contribution in [0.25, 0.3) is 5.65 Å². The summed E-state index contributed by atoms with van der Waals surface area (Å²) in [4.78, 5) is 15.0. The van der Waals surface area contributed by atoms with Gasteiger partial charge in [0.2, 0.25) is 0 Å². The molecule has 2 aromatic heterocycles. The minimum absolute atomic E-state index is 0. The molecule has 0 aliphatic rings. The molecule has 2 heterocycles. The number of fused-ring (bicyclic) bond motifs is 1. The van der Waals surface area contributed by atoms with Crippen LogP contribution in [0.4, 0.5) is 0 Å². The van der Waals surface area contributed by atoms with Crippen LogP contribution < -0.4 is 34.7 Å². The number of aromatic nitrogens is 2. The Hall–Kier alpha value is -2.10. The van der Waals surface area contributed by atoms with E-state index in [1.165, 1.54) is 5.56 Å². The van der Waals surface area contributed by atoms with Crippen LogP contribution in [0.2, 0.25) is 0 Å². The summed E-state index contributed by atoms with van der Waals surface area (Å²) in [5.74, 6) is 4.97. The average Bonchev–Trinajstić information content (AvgIpc) is 2.92. The summed E-state index contributed by atoms with van der Waals surface area (Å²) in [6, 6.07) is 13.5. The van der Waals surface area contributed by atoms with E-state index in [4.69, 9.17) is 4.74 Å². The van der Waals surface area contributed by atoms with Gasteiger partial charge in [-0.15, -0.1) is 0 Å². The molecular weight excluding hydrogens is 327 g/mol. The molecule has 0 aliphatic heterocycles. The van der Waals surface area contributed by atoms with E-state index in [2.05, 4.69) is 16.8 Å². The van der Waals surface area contributed by atoms with Gasteiger partial charge in [0, 0.05) is 11.8 Å². The number of pyridine rings is 1. The molecule has 0 aliphatic carbocycles. The van der Waals surface area contributed by atoms with E-state index >= 15 is 0 Å². The number of aryl methyl sites for hydroxylation is 1. The monoisotopic (exact) mass is 342 g/mol. The van der Waals surface area contributed by atoms with Crippen molar-refractivity contribution in [1.82, 2.24) is 9.38 Å². The number of imidazole rings is 1. The van der Waals surface area contributed by atoms with Crippen molar-refractivity contribution in [1.29, 1.82) is 0 Å². The van der Waals surface area contributed by atoms with Gasteiger partial charge in [0.05, 0.1) is 19.2 Å². The van der Waals surface area contributed by atoms with Crippen LogP contribution >= 0.6 is 0 Å². The molecule has 3 rings (SSSR count). The van der Waals surface area contributed by atoms with E-state index in [0.717, 1.165) is 11.2 Å². The molecule has 3 aromatic rings. The van der Waals surface area contributed by atoms with Gasteiger partial charge in [-0.1, -0.05) is 29.7 Å². The van der Waals surface area contributed by atoms with Gasteiger partial charge in [0.25, 0.3) is 0 Å². The number of carbonyl (C=O) groups excluding carboxylic acids is 1. The molecule has 0 N–H and O–H groups in total. The average molecular weight is 342 g/mol. The van der Waals surface area contributed by atoms with Gasteiger partial charge in [0.1, 0.15) is 17.0 Å². The second kappa shape index (κ2) is 8.84. The van der Waals surface area contributed by atoms with Crippen molar-refractivity contribution < 1.29 is 44.2 Å². The SMILES string of the molecule is Cc1ccc(C#Cc2c(COCC(=O)[O-])nc3ccccn23)cc1.[Na+]. The second-order valence-corrected chi connectivity index (χ2v) is 5.32. The standard InChI is InChI=1S/C19H16N2O3.Na/c1-14-5-7-15(8-6-14)9-10-17-16(12-24-13-19(22)23)20-18-4-2-3-11-21(17)18;/h2-8,11H,12-13H2,1H3,(H,22,23);/q;+1/p-1. The minimum atomic E-state index is -1.26. The zero-order valence-electron chi connectivity index (χ0n) is 14.2. The van der Waals surface area contributed by atoms with E-state index in [0.29, 0.717) is 11.4 Å². The smallest absolute Gasteiger partial charge is 0.548 e. The Morgan fingerprint density at radius 3 is 2.68 bits per heavy atom. The molecule has 0 atom stereocenters. The maximum absolute atomic E-state index is 10.5. The summed E-state index contributed by atoms with van der Waals surface area (Å²) < 4.78 is 6.97. The number of hydrogen-bond donors (Lipinski definition) is 0. The zero-order valence-corrected chi connectivity index (χ0v) is 16.2. The Morgan fingerprint density at radius 2 is 1.96 bits per heavy atom. The largest absolute Gasteiger partial charge is 1.00 e. The summed E-state index contributed by atoms with van der Waals surface area (Å²) in [6.45, 7) is 1.61. The Bertz CT molecular complexity index is 937. The van der Waals surface area contributed by atoms with E-state index < -0.39 is 12.6 Å². The van der Waals surface area contributed by atoms with E-state index in [1.807, 2.05) is 60.0 Å². The van der Waals surface area contributed by atoms with Crippen molar-refractivity contribution in [3.05, 3.63) is 71.2 Å². The van der Waals surface area contributed by atoms with Gasteiger partial charge < -0.3 is 14.6 Å². The second-order valence-electron chi connectivity index (χ2n) is 5.32. The molecule has 1 aromatic carbocycles. The Labute approximate surface area is 167 Å². The quantitative estimate of drug-likeness (QED) is 0.419. The van der Waals surface area contributed by atoms with Gasteiger partial charge in [-0.05, 0) is 37.1 Å². The van der Waals surface area contributed by atoms with Crippen molar-refractivity contribution in [2.45, 2.75) is 13.5 Å². The number of nitrogens with zero attached hydrogens (tertiary/aromatic N) is 2. The van der Waals surface area contributed by atoms with Crippen LogP contribution in [0.5, 0.6) is 0 Å². The first-order chi connectivity index (χ1) is 11.6. The Morgan fingerprint density at radius 1 is 1.20 bits per heavy atom. The van der Waals surface area contributed by atoms with Crippen LogP contribution in [0, 0.1) is 18.8 Å². The minimum Gasteiger partial charge on any atom is -0.548 e.